The van der Waals surface area contributed by atoms with Crippen LogP contribution in [0.4, 0.5) is 4.79 Å². The highest BCUT2D eigenvalue weighted by molar-refractivity contribution is 5.77. The van der Waals surface area contributed by atoms with Crippen molar-refractivity contribution in [2.45, 2.75) is 70.9 Å². The molecule has 0 aromatic heterocycles. The molecule has 0 aromatic carbocycles. The smallest absolute Gasteiger partial charge is 0.315 e. The van der Waals surface area contributed by atoms with Gasteiger partial charge in [-0.15, -0.1) is 0 Å². The predicted molar refractivity (Wildman–Crippen MR) is 76.5 cm³/mol. The van der Waals surface area contributed by atoms with Crippen LogP contribution in [0.25, 0.3) is 0 Å². The molecular formula is C15H26N2O3. The van der Waals surface area contributed by atoms with E-state index in [1.807, 2.05) is 0 Å². The van der Waals surface area contributed by atoms with E-state index < -0.39 is 11.9 Å². The van der Waals surface area contributed by atoms with E-state index in [4.69, 9.17) is 5.11 Å². The second kappa shape index (κ2) is 6.02. The number of hydrogen-bond donors (Lipinski definition) is 3. The third kappa shape index (κ3) is 3.87. The van der Waals surface area contributed by atoms with E-state index in [0.29, 0.717) is 11.8 Å². The molecule has 2 rings (SSSR count). The maximum Gasteiger partial charge on any atom is 0.315 e. The maximum atomic E-state index is 12.0. The number of carboxylic acids is 1. The Balaban J connectivity index is 1.77. The van der Waals surface area contributed by atoms with Gasteiger partial charge >= 0.3 is 12.0 Å². The molecule has 114 valence electrons. The van der Waals surface area contributed by atoms with Gasteiger partial charge < -0.3 is 15.7 Å². The van der Waals surface area contributed by atoms with Crippen molar-refractivity contribution < 1.29 is 14.7 Å². The Kier molecular flexibility index (Phi) is 4.55. The first-order valence-electron chi connectivity index (χ1n) is 7.67. The summed E-state index contributed by atoms with van der Waals surface area (Å²) >= 11 is 0. The van der Waals surface area contributed by atoms with Crippen molar-refractivity contribution in [1.82, 2.24) is 10.6 Å². The summed E-state index contributed by atoms with van der Waals surface area (Å²) in [5, 5.41) is 15.0. The van der Waals surface area contributed by atoms with E-state index in [1.165, 1.54) is 0 Å². The minimum absolute atomic E-state index is 0.201. The summed E-state index contributed by atoms with van der Waals surface area (Å²) < 4.78 is 0. The average Bonchev–Trinajstić information content (AvgIpc) is 2.80. The zero-order valence-electron chi connectivity index (χ0n) is 12.4. The van der Waals surface area contributed by atoms with Gasteiger partial charge in [0.05, 0.1) is 5.92 Å². The van der Waals surface area contributed by atoms with Crippen molar-refractivity contribution in [1.29, 1.82) is 0 Å². The minimum atomic E-state index is -0.799. The lowest BCUT2D eigenvalue weighted by Gasteiger charge is -2.34. The van der Waals surface area contributed by atoms with Crippen LogP contribution < -0.4 is 10.6 Å². The number of urea groups is 1. The molecule has 2 fully saturated rings. The zero-order valence-corrected chi connectivity index (χ0v) is 12.4. The highest BCUT2D eigenvalue weighted by Gasteiger charge is 2.34. The van der Waals surface area contributed by atoms with Gasteiger partial charge in [-0.25, -0.2) is 4.79 Å². The molecule has 0 radical (unpaired) electrons. The van der Waals surface area contributed by atoms with Crippen LogP contribution in [0, 0.1) is 11.3 Å². The second-order valence-electron chi connectivity index (χ2n) is 7.04. The molecule has 20 heavy (non-hydrogen) atoms. The number of aliphatic carboxylic acids is 1. The third-order valence-corrected chi connectivity index (χ3v) is 4.82. The van der Waals surface area contributed by atoms with Gasteiger partial charge in [0.2, 0.25) is 0 Å². The molecule has 0 bridgehead atoms. The molecule has 0 heterocycles. The molecule has 3 N–H and O–H groups in total. The van der Waals surface area contributed by atoms with Gasteiger partial charge in [0.15, 0.2) is 0 Å². The monoisotopic (exact) mass is 282 g/mol. The summed E-state index contributed by atoms with van der Waals surface area (Å²) in [4.78, 5) is 23.1. The van der Waals surface area contributed by atoms with E-state index in [0.717, 1.165) is 38.5 Å². The number of amides is 2. The van der Waals surface area contributed by atoms with Gasteiger partial charge in [-0.3, -0.25) is 4.79 Å². The molecule has 0 aromatic rings. The summed E-state index contributed by atoms with van der Waals surface area (Å²) in [6.07, 6.45) is 6.57. The number of rotatable bonds is 3. The number of carboxylic acid groups (broad SMARTS) is 1. The molecule has 2 aliphatic carbocycles. The summed E-state index contributed by atoms with van der Waals surface area (Å²) in [5.41, 5.74) is 0.383. The van der Waals surface area contributed by atoms with Crippen LogP contribution in [0.15, 0.2) is 0 Å². The number of carbonyl (C=O) groups is 2. The van der Waals surface area contributed by atoms with Crippen LogP contribution in [-0.2, 0) is 4.79 Å². The molecule has 2 amide bonds. The topological polar surface area (TPSA) is 78.4 Å². The molecule has 0 aliphatic heterocycles. The fourth-order valence-corrected chi connectivity index (χ4v) is 3.37. The molecule has 2 saturated carbocycles. The quantitative estimate of drug-likeness (QED) is 0.744. The minimum Gasteiger partial charge on any atom is -0.481 e. The summed E-state index contributed by atoms with van der Waals surface area (Å²) in [6, 6.07) is -0.187. The van der Waals surface area contributed by atoms with E-state index in [-0.39, 0.29) is 18.1 Å². The Morgan fingerprint density at radius 2 is 1.70 bits per heavy atom. The fraction of sp³-hybridized carbons (Fsp3) is 0.867. The van der Waals surface area contributed by atoms with E-state index in [1.54, 1.807) is 0 Å². The summed E-state index contributed by atoms with van der Waals surface area (Å²) in [6.45, 7) is 4.53. The van der Waals surface area contributed by atoms with E-state index in [2.05, 4.69) is 24.5 Å². The van der Waals surface area contributed by atoms with E-state index >= 15 is 0 Å². The van der Waals surface area contributed by atoms with Gasteiger partial charge in [0.1, 0.15) is 0 Å². The highest BCUT2D eigenvalue weighted by Crippen LogP contribution is 2.35. The lowest BCUT2D eigenvalue weighted by atomic mass is 9.76. The first-order valence-corrected chi connectivity index (χ1v) is 7.67. The van der Waals surface area contributed by atoms with Crippen LogP contribution in [0.5, 0.6) is 0 Å². The normalized spacial score (nSPS) is 29.9. The van der Waals surface area contributed by atoms with Gasteiger partial charge in [-0.2, -0.15) is 0 Å². The van der Waals surface area contributed by atoms with Crippen LogP contribution >= 0.6 is 0 Å². The van der Waals surface area contributed by atoms with Crippen LogP contribution in [0.3, 0.4) is 0 Å². The molecule has 2 aliphatic rings. The lowest BCUT2D eigenvalue weighted by molar-refractivity contribution is -0.142. The lowest BCUT2D eigenvalue weighted by Crippen LogP contribution is -2.49. The first kappa shape index (κ1) is 15.1. The van der Waals surface area contributed by atoms with Crippen molar-refractivity contribution in [3.63, 3.8) is 0 Å². The van der Waals surface area contributed by atoms with Crippen molar-refractivity contribution in [2.75, 3.05) is 0 Å². The van der Waals surface area contributed by atoms with Crippen molar-refractivity contribution in [2.24, 2.45) is 11.3 Å². The Bertz CT molecular complexity index is 371. The van der Waals surface area contributed by atoms with Crippen LogP contribution in [0.2, 0.25) is 0 Å². The van der Waals surface area contributed by atoms with Crippen molar-refractivity contribution >= 4 is 12.0 Å². The standard InChI is InChI=1S/C15H26N2O3/c1-15(2)8-6-10(7-9-15)16-14(20)17-12-5-3-4-11(12)13(18)19/h10-12H,3-9H2,1-2H3,(H,18,19)(H2,16,17,20). The highest BCUT2D eigenvalue weighted by atomic mass is 16.4. The van der Waals surface area contributed by atoms with Crippen molar-refractivity contribution in [3.8, 4) is 0 Å². The molecular weight excluding hydrogens is 256 g/mol. The second-order valence-corrected chi connectivity index (χ2v) is 7.04. The summed E-state index contributed by atoms with van der Waals surface area (Å²) in [7, 11) is 0. The predicted octanol–water partition coefficient (Wildman–Crippen LogP) is 2.51. The molecule has 5 nitrogen and oxygen atoms in total. The third-order valence-electron chi connectivity index (χ3n) is 4.82. The molecule has 0 saturated heterocycles. The molecule has 2 atom stereocenters. The Hall–Kier alpha value is -1.26. The number of carbonyl (C=O) groups excluding carboxylic acids is 1. The number of nitrogens with one attached hydrogen (secondary N) is 2. The average molecular weight is 282 g/mol. The zero-order chi connectivity index (χ0) is 14.8. The largest absolute Gasteiger partial charge is 0.481 e. The molecule has 0 spiro atoms. The fourth-order valence-electron chi connectivity index (χ4n) is 3.37. The maximum absolute atomic E-state index is 12.0. The molecule has 5 heteroatoms. The van der Waals surface area contributed by atoms with Gasteiger partial charge in [-0.1, -0.05) is 20.3 Å². The Morgan fingerprint density at radius 3 is 2.30 bits per heavy atom. The summed E-state index contributed by atoms with van der Waals surface area (Å²) in [5.74, 6) is -1.22. The van der Waals surface area contributed by atoms with Crippen molar-refractivity contribution in [3.05, 3.63) is 0 Å². The van der Waals surface area contributed by atoms with Crippen LogP contribution in [0.1, 0.15) is 58.8 Å². The number of hydrogen-bond acceptors (Lipinski definition) is 2. The SMILES string of the molecule is CC1(C)CCC(NC(=O)NC2CCCC2C(=O)O)CC1. The van der Waals surface area contributed by atoms with Gasteiger partial charge in [0.25, 0.3) is 0 Å². The van der Waals surface area contributed by atoms with E-state index in [9.17, 15) is 9.59 Å². The molecule has 2 unspecified atom stereocenters. The Morgan fingerprint density at radius 1 is 1.05 bits per heavy atom. The van der Waals surface area contributed by atoms with Crippen LogP contribution in [-0.4, -0.2) is 29.2 Å². The Labute approximate surface area is 120 Å². The van der Waals surface area contributed by atoms with Gasteiger partial charge in [-0.05, 0) is 43.9 Å². The first-order chi connectivity index (χ1) is 9.37. The van der Waals surface area contributed by atoms with Gasteiger partial charge in [0, 0.05) is 12.1 Å².